The molecule has 0 aliphatic rings. The Labute approximate surface area is 86.9 Å². The average Bonchev–Trinajstić information content (AvgIpc) is 2.19. The fraction of sp³-hybridized carbons (Fsp3) is 0.364. The molecule has 0 heterocycles. The van der Waals surface area contributed by atoms with Gasteiger partial charge in [-0.3, -0.25) is 4.79 Å². The summed E-state index contributed by atoms with van der Waals surface area (Å²) in [5.74, 6) is -2.28. The minimum atomic E-state index is -0.861. The Kier molecular flexibility index (Phi) is 4.21. The van der Waals surface area contributed by atoms with Crippen LogP contribution in [0.1, 0.15) is 26.2 Å². The number of carbonyl (C=O) groups is 1. The third kappa shape index (κ3) is 3.65. The molecule has 0 bridgehead atoms. The van der Waals surface area contributed by atoms with Gasteiger partial charge < -0.3 is 4.74 Å². The quantitative estimate of drug-likeness (QED) is 0.568. The maximum Gasteiger partial charge on any atom is 0.311 e. The lowest BCUT2D eigenvalue weighted by molar-refractivity contribution is -0.134. The molecule has 0 aromatic heterocycles. The minimum absolute atomic E-state index is 0.225. The number of rotatable bonds is 4. The third-order valence-electron chi connectivity index (χ3n) is 1.85. The van der Waals surface area contributed by atoms with Crippen molar-refractivity contribution in [2.75, 3.05) is 0 Å². The van der Waals surface area contributed by atoms with E-state index in [4.69, 9.17) is 4.74 Å². The van der Waals surface area contributed by atoms with Crippen LogP contribution in [-0.2, 0) is 4.79 Å². The van der Waals surface area contributed by atoms with Crippen LogP contribution in [-0.4, -0.2) is 5.97 Å². The van der Waals surface area contributed by atoms with Gasteiger partial charge in [-0.05, 0) is 18.6 Å². The summed E-state index contributed by atoms with van der Waals surface area (Å²) in [7, 11) is 0. The van der Waals surface area contributed by atoms with Crippen LogP contribution in [0.2, 0.25) is 0 Å². The van der Waals surface area contributed by atoms with Crippen LogP contribution >= 0.6 is 0 Å². The monoisotopic (exact) mass is 214 g/mol. The number of esters is 1. The maximum absolute atomic E-state index is 13.0. The molecule has 1 aromatic rings. The number of hydrogen-bond donors (Lipinski definition) is 0. The van der Waals surface area contributed by atoms with Crippen LogP contribution in [0.3, 0.4) is 0 Å². The molecule has 0 amide bonds. The second-order valence-electron chi connectivity index (χ2n) is 3.15. The Morgan fingerprint density at radius 3 is 2.73 bits per heavy atom. The summed E-state index contributed by atoms with van der Waals surface area (Å²) < 4.78 is 30.2. The van der Waals surface area contributed by atoms with Gasteiger partial charge in [-0.15, -0.1) is 0 Å². The maximum atomic E-state index is 13.0. The van der Waals surface area contributed by atoms with Gasteiger partial charge >= 0.3 is 5.97 Å². The molecule has 82 valence electrons. The summed E-state index contributed by atoms with van der Waals surface area (Å²) in [4.78, 5) is 11.1. The zero-order valence-electron chi connectivity index (χ0n) is 8.43. The highest BCUT2D eigenvalue weighted by molar-refractivity contribution is 5.72. The van der Waals surface area contributed by atoms with E-state index in [1.807, 2.05) is 6.92 Å². The van der Waals surface area contributed by atoms with E-state index < -0.39 is 17.6 Å². The highest BCUT2D eigenvalue weighted by atomic mass is 19.1. The summed E-state index contributed by atoms with van der Waals surface area (Å²) in [6, 6.07) is 2.84. The molecule has 15 heavy (non-hydrogen) atoms. The molecule has 1 rings (SSSR count). The summed E-state index contributed by atoms with van der Waals surface area (Å²) in [6.07, 6.45) is 1.80. The molecule has 1 aromatic carbocycles. The average molecular weight is 214 g/mol. The molecular formula is C11H12F2O2. The van der Waals surface area contributed by atoms with Gasteiger partial charge in [0, 0.05) is 12.5 Å². The Bertz CT molecular complexity index is 350. The predicted octanol–water partition coefficient (Wildman–Crippen LogP) is 3.06. The van der Waals surface area contributed by atoms with Gasteiger partial charge in [0.05, 0.1) is 0 Å². The second kappa shape index (κ2) is 5.44. The van der Waals surface area contributed by atoms with Gasteiger partial charge in [0.15, 0.2) is 11.6 Å². The van der Waals surface area contributed by atoms with Crippen LogP contribution in [0.4, 0.5) is 8.78 Å². The van der Waals surface area contributed by atoms with Gasteiger partial charge in [0.1, 0.15) is 5.82 Å². The number of ether oxygens (including phenoxy) is 1. The van der Waals surface area contributed by atoms with E-state index in [-0.39, 0.29) is 12.2 Å². The van der Waals surface area contributed by atoms with Crippen molar-refractivity contribution in [3.63, 3.8) is 0 Å². The van der Waals surface area contributed by atoms with Crippen molar-refractivity contribution in [1.29, 1.82) is 0 Å². The minimum Gasteiger partial charge on any atom is -0.423 e. The summed E-state index contributed by atoms with van der Waals surface area (Å²) in [5, 5.41) is 0. The van der Waals surface area contributed by atoms with E-state index in [9.17, 15) is 13.6 Å². The number of hydrogen-bond acceptors (Lipinski definition) is 2. The molecule has 0 aliphatic carbocycles. The molecule has 4 heteroatoms. The number of unbranched alkanes of at least 4 members (excludes halogenated alkanes) is 1. The number of benzene rings is 1. The van der Waals surface area contributed by atoms with Gasteiger partial charge in [-0.25, -0.2) is 8.78 Å². The largest absolute Gasteiger partial charge is 0.423 e. The van der Waals surface area contributed by atoms with E-state index in [1.54, 1.807) is 0 Å². The lowest BCUT2D eigenvalue weighted by Gasteiger charge is -2.04. The molecule has 2 nitrogen and oxygen atoms in total. The molecule has 0 aliphatic heterocycles. The Balaban J connectivity index is 2.60. The fourth-order valence-corrected chi connectivity index (χ4v) is 1.05. The molecule has 0 fully saturated rings. The van der Waals surface area contributed by atoms with Crippen LogP contribution in [0, 0.1) is 11.6 Å². The topological polar surface area (TPSA) is 26.3 Å². The zero-order valence-corrected chi connectivity index (χ0v) is 8.43. The molecule has 0 spiro atoms. The van der Waals surface area contributed by atoms with Crippen molar-refractivity contribution in [2.24, 2.45) is 0 Å². The Hall–Kier alpha value is -1.45. The van der Waals surface area contributed by atoms with Gasteiger partial charge in [-0.1, -0.05) is 13.3 Å². The van der Waals surface area contributed by atoms with Crippen molar-refractivity contribution >= 4 is 5.97 Å². The lowest BCUT2D eigenvalue weighted by Crippen LogP contribution is -2.08. The lowest BCUT2D eigenvalue weighted by atomic mass is 10.2. The highest BCUT2D eigenvalue weighted by Gasteiger charge is 2.09. The summed E-state index contributed by atoms with van der Waals surface area (Å²) in [6.45, 7) is 1.94. The van der Waals surface area contributed by atoms with Crippen molar-refractivity contribution in [1.82, 2.24) is 0 Å². The van der Waals surface area contributed by atoms with Crippen LogP contribution in [0.25, 0.3) is 0 Å². The van der Waals surface area contributed by atoms with Crippen molar-refractivity contribution < 1.29 is 18.3 Å². The van der Waals surface area contributed by atoms with Crippen molar-refractivity contribution in [3.8, 4) is 5.75 Å². The molecule has 0 saturated carbocycles. The first kappa shape index (κ1) is 11.6. The van der Waals surface area contributed by atoms with Crippen LogP contribution in [0.15, 0.2) is 18.2 Å². The Morgan fingerprint density at radius 1 is 1.40 bits per heavy atom. The first-order valence-electron chi connectivity index (χ1n) is 4.79. The van der Waals surface area contributed by atoms with Crippen LogP contribution in [0.5, 0.6) is 5.75 Å². The van der Waals surface area contributed by atoms with Gasteiger partial charge in [-0.2, -0.15) is 0 Å². The van der Waals surface area contributed by atoms with Gasteiger partial charge in [0.2, 0.25) is 0 Å². The summed E-state index contributed by atoms with van der Waals surface area (Å²) in [5.41, 5.74) is 0. The second-order valence-corrected chi connectivity index (χ2v) is 3.15. The predicted molar refractivity (Wildman–Crippen MR) is 51.5 cm³/mol. The molecule has 0 radical (unpaired) electrons. The fourth-order valence-electron chi connectivity index (χ4n) is 1.05. The van der Waals surface area contributed by atoms with E-state index in [0.29, 0.717) is 12.5 Å². The first-order valence-corrected chi connectivity index (χ1v) is 4.79. The molecule has 0 N–H and O–H groups in total. The van der Waals surface area contributed by atoms with Crippen LogP contribution < -0.4 is 4.74 Å². The standard InChI is InChI=1S/C11H12F2O2/c1-2-3-4-11(14)15-10-6-5-8(12)7-9(10)13/h5-7H,2-4H2,1H3. The molecular weight excluding hydrogens is 202 g/mol. The van der Waals surface area contributed by atoms with E-state index >= 15 is 0 Å². The van der Waals surface area contributed by atoms with Crippen molar-refractivity contribution in [2.45, 2.75) is 26.2 Å². The normalized spacial score (nSPS) is 10.1. The smallest absolute Gasteiger partial charge is 0.311 e. The van der Waals surface area contributed by atoms with Gasteiger partial charge in [0.25, 0.3) is 0 Å². The third-order valence-corrected chi connectivity index (χ3v) is 1.85. The van der Waals surface area contributed by atoms with Crippen molar-refractivity contribution in [3.05, 3.63) is 29.8 Å². The molecule has 0 atom stereocenters. The SMILES string of the molecule is CCCCC(=O)Oc1ccc(F)cc1F. The molecule has 0 unspecified atom stereocenters. The van der Waals surface area contributed by atoms with E-state index in [0.717, 1.165) is 18.6 Å². The van der Waals surface area contributed by atoms with E-state index in [1.165, 1.54) is 0 Å². The first-order chi connectivity index (χ1) is 7.13. The molecule has 0 saturated heterocycles. The number of halogens is 2. The van der Waals surface area contributed by atoms with E-state index in [2.05, 4.69) is 0 Å². The highest BCUT2D eigenvalue weighted by Crippen LogP contribution is 2.18. The summed E-state index contributed by atoms with van der Waals surface area (Å²) >= 11 is 0. The Morgan fingerprint density at radius 2 is 2.13 bits per heavy atom. The zero-order chi connectivity index (χ0) is 11.3. The number of carbonyl (C=O) groups excluding carboxylic acids is 1.